The zero-order valence-corrected chi connectivity index (χ0v) is 14.7. The number of rotatable bonds is 7. The second kappa shape index (κ2) is 7.63. The van der Waals surface area contributed by atoms with Gasteiger partial charge in [0.25, 0.3) is 0 Å². The van der Waals surface area contributed by atoms with Crippen LogP contribution in [0.4, 0.5) is 4.39 Å². The van der Waals surface area contributed by atoms with Crippen LogP contribution in [0.2, 0.25) is 0 Å². The maximum absolute atomic E-state index is 12.9. The normalized spacial score (nSPS) is 11.5. The highest BCUT2D eigenvalue weighted by molar-refractivity contribution is 7.89. The SMILES string of the molecule is COc1ccc(S(=O)(=O)NCCc2nc(-c3ccc(F)cc3)no2)cc1. The minimum atomic E-state index is -3.64. The number of ether oxygens (including phenoxy) is 1. The van der Waals surface area contributed by atoms with Gasteiger partial charge in [-0.3, -0.25) is 0 Å². The summed E-state index contributed by atoms with van der Waals surface area (Å²) in [5, 5.41) is 3.81. The van der Waals surface area contributed by atoms with Crippen LogP contribution >= 0.6 is 0 Å². The van der Waals surface area contributed by atoms with Crippen LogP contribution in [0.25, 0.3) is 11.4 Å². The number of sulfonamides is 1. The summed E-state index contributed by atoms with van der Waals surface area (Å²) >= 11 is 0. The van der Waals surface area contributed by atoms with Crippen molar-refractivity contribution in [3.8, 4) is 17.1 Å². The molecule has 1 heterocycles. The van der Waals surface area contributed by atoms with Crippen molar-refractivity contribution in [1.29, 1.82) is 0 Å². The van der Waals surface area contributed by atoms with Crippen molar-refractivity contribution in [3.63, 3.8) is 0 Å². The molecular weight excluding hydrogens is 361 g/mol. The number of nitrogens with one attached hydrogen (secondary N) is 1. The number of aromatic nitrogens is 2. The van der Waals surface area contributed by atoms with Gasteiger partial charge in [-0.25, -0.2) is 17.5 Å². The van der Waals surface area contributed by atoms with E-state index in [1.165, 1.54) is 43.5 Å². The van der Waals surface area contributed by atoms with Crippen molar-refractivity contribution in [2.24, 2.45) is 0 Å². The van der Waals surface area contributed by atoms with Crippen molar-refractivity contribution < 1.29 is 22.1 Å². The lowest BCUT2D eigenvalue weighted by Crippen LogP contribution is -2.26. The van der Waals surface area contributed by atoms with E-state index in [9.17, 15) is 12.8 Å². The fourth-order valence-electron chi connectivity index (χ4n) is 2.20. The molecular formula is C17H16FN3O4S. The molecule has 0 aliphatic rings. The third kappa shape index (κ3) is 4.24. The first-order chi connectivity index (χ1) is 12.5. The fraction of sp³-hybridized carbons (Fsp3) is 0.176. The topological polar surface area (TPSA) is 94.3 Å². The number of hydrogen-bond donors (Lipinski definition) is 1. The van der Waals surface area contributed by atoms with E-state index >= 15 is 0 Å². The third-order valence-electron chi connectivity index (χ3n) is 3.57. The number of nitrogens with zero attached hydrogens (tertiary/aromatic N) is 2. The van der Waals surface area contributed by atoms with Crippen molar-refractivity contribution in [1.82, 2.24) is 14.9 Å². The Hall–Kier alpha value is -2.78. The summed E-state index contributed by atoms with van der Waals surface area (Å²) < 4.78 is 50.0. The Morgan fingerprint density at radius 2 is 1.81 bits per heavy atom. The molecule has 0 atom stereocenters. The van der Waals surface area contributed by atoms with E-state index in [4.69, 9.17) is 9.26 Å². The Kier molecular flexibility index (Phi) is 5.29. The van der Waals surface area contributed by atoms with Gasteiger partial charge in [-0.15, -0.1) is 0 Å². The third-order valence-corrected chi connectivity index (χ3v) is 5.05. The largest absolute Gasteiger partial charge is 0.497 e. The van der Waals surface area contributed by atoms with Crippen molar-refractivity contribution in [3.05, 3.63) is 60.2 Å². The lowest BCUT2D eigenvalue weighted by atomic mass is 10.2. The summed E-state index contributed by atoms with van der Waals surface area (Å²) in [4.78, 5) is 4.31. The Balaban J connectivity index is 1.60. The predicted molar refractivity (Wildman–Crippen MR) is 91.6 cm³/mol. The molecule has 1 aromatic heterocycles. The van der Waals surface area contributed by atoms with Crippen LogP contribution in [0.1, 0.15) is 5.89 Å². The molecule has 0 spiro atoms. The molecule has 26 heavy (non-hydrogen) atoms. The Morgan fingerprint density at radius 1 is 1.12 bits per heavy atom. The molecule has 136 valence electrons. The summed E-state index contributed by atoms with van der Waals surface area (Å²) in [7, 11) is -2.14. The molecule has 0 aliphatic carbocycles. The van der Waals surface area contributed by atoms with Gasteiger partial charge in [0, 0.05) is 18.5 Å². The highest BCUT2D eigenvalue weighted by Gasteiger charge is 2.15. The first-order valence-electron chi connectivity index (χ1n) is 7.70. The highest BCUT2D eigenvalue weighted by Crippen LogP contribution is 2.17. The van der Waals surface area contributed by atoms with Crippen LogP contribution in [0.3, 0.4) is 0 Å². The first-order valence-corrected chi connectivity index (χ1v) is 9.18. The summed E-state index contributed by atoms with van der Waals surface area (Å²) in [5.74, 6) is 0.813. The van der Waals surface area contributed by atoms with Crippen molar-refractivity contribution in [2.45, 2.75) is 11.3 Å². The van der Waals surface area contributed by atoms with Gasteiger partial charge in [0.15, 0.2) is 0 Å². The molecule has 0 radical (unpaired) electrons. The van der Waals surface area contributed by atoms with E-state index in [1.54, 1.807) is 12.1 Å². The molecule has 0 bridgehead atoms. The van der Waals surface area contributed by atoms with Crippen LogP contribution in [0.5, 0.6) is 5.75 Å². The highest BCUT2D eigenvalue weighted by atomic mass is 32.2. The molecule has 0 unspecified atom stereocenters. The summed E-state index contributed by atoms with van der Waals surface area (Å²) in [5.41, 5.74) is 0.611. The maximum atomic E-state index is 12.9. The molecule has 0 saturated heterocycles. The minimum Gasteiger partial charge on any atom is -0.497 e. The van der Waals surface area contributed by atoms with E-state index in [-0.39, 0.29) is 29.6 Å². The van der Waals surface area contributed by atoms with E-state index < -0.39 is 10.0 Å². The van der Waals surface area contributed by atoms with E-state index in [2.05, 4.69) is 14.9 Å². The maximum Gasteiger partial charge on any atom is 0.240 e. The fourth-order valence-corrected chi connectivity index (χ4v) is 3.24. The Bertz CT molecular complexity index is 970. The smallest absolute Gasteiger partial charge is 0.240 e. The molecule has 3 aromatic rings. The number of benzene rings is 2. The van der Waals surface area contributed by atoms with Crippen molar-refractivity contribution >= 4 is 10.0 Å². The van der Waals surface area contributed by atoms with Gasteiger partial charge in [-0.2, -0.15) is 4.98 Å². The summed E-state index contributed by atoms with van der Waals surface area (Å²) in [6.07, 6.45) is 0.226. The molecule has 0 saturated carbocycles. The van der Waals surface area contributed by atoms with Gasteiger partial charge >= 0.3 is 0 Å². The number of hydrogen-bond acceptors (Lipinski definition) is 6. The molecule has 0 amide bonds. The lowest BCUT2D eigenvalue weighted by molar-refractivity contribution is 0.379. The van der Waals surface area contributed by atoms with Gasteiger partial charge in [0.1, 0.15) is 11.6 Å². The molecule has 0 aliphatic heterocycles. The molecule has 3 rings (SSSR count). The standard InChI is InChI=1S/C17H16FN3O4S/c1-24-14-6-8-15(9-7-14)26(22,23)19-11-10-16-20-17(21-25-16)12-2-4-13(18)5-3-12/h2-9,19H,10-11H2,1H3. The quantitative estimate of drug-likeness (QED) is 0.679. The van der Waals surface area contributed by atoms with Gasteiger partial charge in [0.05, 0.1) is 12.0 Å². The van der Waals surface area contributed by atoms with Crippen LogP contribution in [0.15, 0.2) is 57.9 Å². The zero-order valence-electron chi connectivity index (χ0n) is 13.8. The Labute approximate surface area is 149 Å². The van der Waals surface area contributed by atoms with Gasteiger partial charge in [0.2, 0.25) is 21.7 Å². The lowest BCUT2D eigenvalue weighted by Gasteiger charge is -2.06. The predicted octanol–water partition coefficient (Wildman–Crippen LogP) is 2.41. The number of halogens is 1. The van der Waals surface area contributed by atoms with Gasteiger partial charge in [-0.1, -0.05) is 5.16 Å². The van der Waals surface area contributed by atoms with E-state index in [0.29, 0.717) is 17.1 Å². The van der Waals surface area contributed by atoms with Crippen LogP contribution in [-0.4, -0.2) is 32.2 Å². The van der Waals surface area contributed by atoms with E-state index in [1.807, 2.05) is 0 Å². The summed E-state index contributed by atoms with van der Waals surface area (Å²) in [6.45, 7) is 0.0966. The van der Waals surface area contributed by atoms with Crippen LogP contribution in [0, 0.1) is 5.82 Å². The second-order valence-electron chi connectivity index (χ2n) is 5.34. The summed E-state index contributed by atoms with van der Waals surface area (Å²) in [6, 6.07) is 11.7. The zero-order chi connectivity index (χ0) is 18.6. The average molecular weight is 377 g/mol. The van der Waals surface area contributed by atoms with Crippen LogP contribution in [-0.2, 0) is 16.4 Å². The Morgan fingerprint density at radius 3 is 2.46 bits per heavy atom. The van der Waals surface area contributed by atoms with Crippen molar-refractivity contribution in [2.75, 3.05) is 13.7 Å². The van der Waals surface area contributed by atoms with Gasteiger partial charge in [-0.05, 0) is 48.5 Å². The molecule has 2 aromatic carbocycles. The first kappa shape index (κ1) is 18.0. The average Bonchev–Trinajstić information content (AvgIpc) is 3.11. The minimum absolute atomic E-state index is 0.0966. The van der Waals surface area contributed by atoms with Gasteiger partial charge < -0.3 is 9.26 Å². The molecule has 7 nitrogen and oxygen atoms in total. The van der Waals surface area contributed by atoms with E-state index in [0.717, 1.165) is 0 Å². The number of methoxy groups -OCH3 is 1. The monoisotopic (exact) mass is 377 g/mol. The molecule has 1 N–H and O–H groups in total. The van der Waals surface area contributed by atoms with Crippen LogP contribution < -0.4 is 9.46 Å². The second-order valence-corrected chi connectivity index (χ2v) is 7.11. The molecule has 9 heteroatoms. The molecule has 0 fully saturated rings.